The summed E-state index contributed by atoms with van der Waals surface area (Å²) in [4.78, 5) is 13.0. The Kier molecular flexibility index (Phi) is 5.42. The van der Waals surface area contributed by atoms with Crippen LogP contribution in [0.3, 0.4) is 0 Å². The van der Waals surface area contributed by atoms with E-state index in [1.54, 1.807) is 47.2 Å². The lowest BCUT2D eigenvalue weighted by atomic mass is 10.2. The molecule has 4 aromatic rings. The summed E-state index contributed by atoms with van der Waals surface area (Å²) in [5, 5.41) is 3.49. The zero-order valence-corrected chi connectivity index (χ0v) is 17.4. The van der Waals surface area contributed by atoms with Gasteiger partial charge in [-0.05, 0) is 30.7 Å². The summed E-state index contributed by atoms with van der Waals surface area (Å²) < 4.78 is 28.2. The number of carbonyl (C=O) groups is 1. The van der Waals surface area contributed by atoms with Crippen molar-refractivity contribution in [2.75, 3.05) is 0 Å². The molecule has 0 aliphatic carbocycles. The lowest BCUT2D eigenvalue weighted by Gasteiger charge is -2.07. The van der Waals surface area contributed by atoms with Crippen molar-refractivity contribution in [3.8, 4) is 0 Å². The molecule has 0 saturated heterocycles. The van der Waals surface area contributed by atoms with Crippen LogP contribution >= 0.6 is 0 Å². The standard InChI is InChI=1S/C24H22N2O3S/c1-18-11-13-20(14-12-18)30(28,29)23-16-26(22-10-6-5-9-21(22)23)17-24(27)25-15-19-7-3-2-4-8-19/h2-14,16H,15,17H2,1H3,(H,25,27). The number of hydrogen-bond donors (Lipinski definition) is 1. The minimum atomic E-state index is -3.71. The predicted octanol–water partition coefficient (Wildman–Crippen LogP) is 4.10. The molecule has 3 aromatic carbocycles. The number of fused-ring (bicyclic) bond motifs is 1. The van der Waals surface area contributed by atoms with Crippen LogP contribution in [0.1, 0.15) is 11.1 Å². The van der Waals surface area contributed by atoms with Crippen molar-refractivity contribution in [2.45, 2.75) is 29.8 Å². The van der Waals surface area contributed by atoms with Gasteiger partial charge in [-0.25, -0.2) is 8.42 Å². The first kappa shape index (κ1) is 19.9. The summed E-state index contributed by atoms with van der Waals surface area (Å²) in [6.07, 6.45) is 1.56. The molecule has 1 N–H and O–H groups in total. The topological polar surface area (TPSA) is 68.2 Å². The smallest absolute Gasteiger partial charge is 0.240 e. The van der Waals surface area contributed by atoms with Crippen molar-refractivity contribution in [3.63, 3.8) is 0 Å². The van der Waals surface area contributed by atoms with Gasteiger partial charge in [0.2, 0.25) is 15.7 Å². The number of nitrogens with one attached hydrogen (secondary N) is 1. The molecule has 1 amide bonds. The second-order valence-corrected chi connectivity index (χ2v) is 9.14. The van der Waals surface area contributed by atoms with Crippen molar-refractivity contribution in [1.82, 2.24) is 9.88 Å². The Morgan fingerprint density at radius 1 is 0.900 bits per heavy atom. The van der Waals surface area contributed by atoms with E-state index >= 15 is 0 Å². The normalized spacial score (nSPS) is 11.5. The maximum absolute atomic E-state index is 13.3. The molecule has 0 fully saturated rings. The minimum Gasteiger partial charge on any atom is -0.350 e. The lowest BCUT2D eigenvalue weighted by Crippen LogP contribution is -2.26. The monoisotopic (exact) mass is 418 g/mol. The summed E-state index contributed by atoms with van der Waals surface area (Å²) in [5.41, 5.74) is 2.70. The summed E-state index contributed by atoms with van der Waals surface area (Å²) in [7, 11) is -3.71. The van der Waals surface area contributed by atoms with Crippen LogP contribution in [-0.4, -0.2) is 18.9 Å². The van der Waals surface area contributed by atoms with Gasteiger partial charge in [-0.3, -0.25) is 4.79 Å². The number of carbonyl (C=O) groups excluding carboxylic acids is 1. The number of benzene rings is 3. The molecule has 5 nitrogen and oxygen atoms in total. The van der Waals surface area contributed by atoms with Crippen molar-refractivity contribution in [1.29, 1.82) is 0 Å². The lowest BCUT2D eigenvalue weighted by molar-refractivity contribution is -0.121. The van der Waals surface area contributed by atoms with Gasteiger partial charge in [-0.15, -0.1) is 0 Å². The van der Waals surface area contributed by atoms with E-state index in [-0.39, 0.29) is 22.2 Å². The van der Waals surface area contributed by atoms with Gasteiger partial charge in [0, 0.05) is 23.6 Å². The third-order valence-electron chi connectivity index (χ3n) is 5.02. The van der Waals surface area contributed by atoms with E-state index in [0.29, 0.717) is 17.4 Å². The van der Waals surface area contributed by atoms with Crippen molar-refractivity contribution in [3.05, 3.63) is 96.2 Å². The maximum atomic E-state index is 13.3. The van der Waals surface area contributed by atoms with Crippen LogP contribution in [0.2, 0.25) is 0 Å². The van der Waals surface area contributed by atoms with E-state index in [2.05, 4.69) is 5.32 Å². The van der Waals surface area contributed by atoms with E-state index in [4.69, 9.17) is 0 Å². The highest BCUT2D eigenvalue weighted by molar-refractivity contribution is 7.91. The van der Waals surface area contributed by atoms with Gasteiger partial charge in [-0.1, -0.05) is 66.2 Å². The fraction of sp³-hybridized carbons (Fsp3) is 0.125. The number of nitrogens with zero attached hydrogens (tertiary/aromatic N) is 1. The second-order valence-electron chi connectivity index (χ2n) is 7.22. The molecule has 4 rings (SSSR count). The number of hydrogen-bond acceptors (Lipinski definition) is 3. The zero-order chi connectivity index (χ0) is 21.1. The van der Waals surface area contributed by atoms with Crippen LogP contribution in [0, 0.1) is 6.92 Å². The third kappa shape index (κ3) is 4.00. The zero-order valence-electron chi connectivity index (χ0n) is 16.6. The Morgan fingerprint density at radius 3 is 2.30 bits per heavy atom. The summed E-state index contributed by atoms with van der Waals surface area (Å²) >= 11 is 0. The molecular weight excluding hydrogens is 396 g/mol. The van der Waals surface area contributed by atoms with Crippen molar-refractivity contribution in [2.24, 2.45) is 0 Å². The van der Waals surface area contributed by atoms with Gasteiger partial charge < -0.3 is 9.88 Å². The highest BCUT2D eigenvalue weighted by atomic mass is 32.2. The molecule has 0 saturated carbocycles. The second kappa shape index (κ2) is 8.16. The predicted molar refractivity (Wildman–Crippen MR) is 117 cm³/mol. The Morgan fingerprint density at radius 2 is 1.57 bits per heavy atom. The molecule has 0 aliphatic rings. The highest BCUT2D eigenvalue weighted by Crippen LogP contribution is 2.30. The van der Waals surface area contributed by atoms with Crippen LogP contribution in [-0.2, 0) is 27.7 Å². The Hall–Kier alpha value is -3.38. The van der Waals surface area contributed by atoms with Crippen LogP contribution < -0.4 is 5.32 Å². The molecule has 30 heavy (non-hydrogen) atoms. The van der Waals surface area contributed by atoms with E-state index in [0.717, 1.165) is 11.1 Å². The molecule has 1 heterocycles. The molecule has 0 aliphatic heterocycles. The van der Waals surface area contributed by atoms with E-state index in [1.165, 1.54) is 0 Å². The number of amides is 1. The van der Waals surface area contributed by atoms with Crippen molar-refractivity contribution < 1.29 is 13.2 Å². The highest BCUT2D eigenvalue weighted by Gasteiger charge is 2.23. The van der Waals surface area contributed by atoms with Gasteiger partial charge in [0.05, 0.1) is 9.79 Å². The fourth-order valence-corrected chi connectivity index (χ4v) is 4.89. The number of para-hydroxylation sites is 1. The first-order valence-electron chi connectivity index (χ1n) is 9.65. The molecule has 0 unspecified atom stereocenters. The fourth-order valence-electron chi connectivity index (χ4n) is 3.41. The summed E-state index contributed by atoms with van der Waals surface area (Å²) in [5.74, 6) is -0.182. The third-order valence-corrected chi connectivity index (χ3v) is 6.82. The number of aryl methyl sites for hydroxylation is 1. The average molecular weight is 419 g/mol. The minimum absolute atomic E-state index is 0.0385. The Labute approximate surface area is 175 Å². The average Bonchev–Trinajstić information content (AvgIpc) is 3.13. The van der Waals surface area contributed by atoms with E-state index in [1.807, 2.05) is 49.4 Å². The first-order chi connectivity index (χ1) is 14.4. The Bertz CT molecular complexity index is 1290. The molecular formula is C24H22N2O3S. The quantitative estimate of drug-likeness (QED) is 0.513. The van der Waals surface area contributed by atoms with E-state index < -0.39 is 9.84 Å². The van der Waals surface area contributed by atoms with E-state index in [9.17, 15) is 13.2 Å². The Balaban J connectivity index is 1.64. The maximum Gasteiger partial charge on any atom is 0.240 e. The van der Waals surface area contributed by atoms with Crippen LogP contribution in [0.5, 0.6) is 0 Å². The summed E-state index contributed by atoms with van der Waals surface area (Å²) in [6, 6.07) is 23.7. The molecule has 6 heteroatoms. The summed E-state index contributed by atoms with van der Waals surface area (Å²) in [6.45, 7) is 2.38. The molecule has 0 radical (unpaired) electrons. The number of sulfone groups is 1. The molecule has 0 atom stereocenters. The molecule has 0 bridgehead atoms. The largest absolute Gasteiger partial charge is 0.350 e. The van der Waals surface area contributed by atoms with Gasteiger partial charge in [0.1, 0.15) is 6.54 Å². The molecule has 0 spiro atoms. The van der Waals surface area contributed by atoms with Gasteiger partial charge in [0.15, 0.2) is 0 Å². The van der Waals surface area contributed by atoms with Crippen LogP contribution in [0.4, 0.5) is 0 Å². The number of aromatic nitrogens is 1. The molecule has 1 aromatic heterocycles. The van der Waals surface area contributed by atoms with Crippen LogP contribution in [0.25, 0.3) is 10.9 Å². The first-order valence-corrected chi connectivity index (χ1v) is 11.1. The number of rotatable bonds is 6. The van der Waals surface area contributed by atoms with Crippen molar-refractivity contribution >= 4 is 26.6 Å². The SMILES string of the molecule is Cc1ccc(S(=O)(=O)c2cn(CC(=O)NCc3ccccc3)c3ccccc23)cc1. The van der Waals surface area contributed by atoms with Gasteiger partial charge in [0.25, 0.3) is 0 Å². The van der Waals surface area contributed by atoms with Crippen LogP contribution in [0.15, 0.2) is 94.9 Å². The molecule has 152 valence electrons. The van der Waals surface area contributed by atoms with Gasteiger partial charge >= 0.3 is 0 Å². The van der Waals surface area contributed by atoms with Gasteiger partial charge in [-0.2, -0.15) is 0 Å².